The number of H-pyrrole nitrogens is 1. The maximum atomic E-state index is 11.7. The van der Waals surface area contributed by atoms with Crippen LogP contribution in [-0.2, 0) is 6.42 Å². The third kappa shape index (κ3) is 3.58. The van der Waals surface area contributed by atoms with Gasteiger partial charge in [-0.25, -0.2) is 9.97 Å². The Bertz CT molecular complexity index is 717. The van der Waals surface area contributed by atoms with Gasteiger partial charge in [-0.3, -0.25) is 4.79 Å². The molecule has 2 N–H and O–H groups in total. The summed E-state index contributed by atoms with van der Waals surface area (Å²) in [5.74, 6) is 1.44. The quantitative estimate of drug-likeness (QED) is 0.852. The van der Waals surface area contributed by atoms with Gasteiger partial charge in [0.05, 0.1) is 0 Å². The minimum Gasteiger partial charge on any atom is -0.369 e. The van der Waals surface area contributed by atoms with Crippen molar-refractivity contribution in [1.29, 1.82) is 0 Å². The number of anilines is 1. The maximum absolute atomic E-state index is 11.7. The molecule has 0 atom stereocenters. The van der Waals surface area contributed by atoms with Gasteiger partial charge in [0.25, 0.3) is 5.56 Å². The van der Waals surface area contributed by atoms with E-state index in [0.717, 1.165) is 30.0 Å². The summed E-state index contributed by atoms with van der Waals surface area (Å²) in [6.45, 7) is 2.93. The molecule has 0 spiro atoms. The van der Waals surface area contributed by atoms with Gasteiger partial charge in [0, 0.05) is 34.8 Å². The molecule has 2 aromatic rings. The van der Waals surface area contributed by atoms with Crippen molar-refractivity contribution in [3.8, 4) is 11.4 Å². The minimum absolute atomic E-state index is 0.124. The number of hydrogen-bond donors (Lipinski definition) is 2. The molecule has 6 heteroatoms. The van der Waals surface area contributed by atoms with E-state index < -0.39 is 0 Å². The molecule has 3 rings (SSSR count). The fraction of sp³-hybridized carbons (Fsp3) is 0.471. The monoisotopic (exact) mass is 330 g/mol. The van der Waals surface area contributed by atoms with E-state index in [4.69, 9.17) is 0 Å². The zero-order valence-corrected chi connectivity index (χ0v) is 14.4. The number of hydrogen-bond acceptors (Lipinski definition) is 5. The van der Waals surface area contributed by atoms with E-state index in [0.29, 0.717) is 10.6 Å². The first kappa shape index (κ1) is 16.1. The Kier molecular flexibility index (Phi) is 4.71. The van der Waals surface area contributed by atoms with Crippen molar-refractivity contribution in [3.05, 3.63) is 40.4 Å². The Hall–Kier alpha value is -1.82. The van der Waals surface area contributed by atoms with Crippen molar-refractivity contribution < 1.29 is 0 Å². The maximum Gasteiger partial charge on any atom is 0.251 e. The summed E-state index contributed by atoms with van der Waals surface area (Å²) in [6, 6.07) is 5.42. The number of pyridine rings is 1. The first-order valence-electron chi connectivity index (χ1n) is 8.00. The van der Waals surface area contributed by atoms with Crippen molar-refractivity contribution in [1.82, 2.24) is 15.0 Å². The lowest BCUT2D eigenvalue weighted by atomic mass is 9.84. The number of aromatic amines is 1. The van der Waals surface area contributed by atoms with Gasteiger partial charge in [-0.05, 0) is 37.7 Å². The van der Waals surface area contributed by atoms with Gasteiger partial charge in [-0.1, -0.05) is 13.3 Å². The molecule has 1 fully saturated rings. The Balaban J connectivity index is 1.72. The van der Waals surface area contributed by atoms with Crippen LogP contribution in [0.4, 0.5) is 5.82 Å². The summed E-state index contributed by atoms with van der Waals surface area (Å²) >= 11 is 1.94. The van der Waals surface area contributed by atoms with E-state index in [9.17, 15) is 4.79 Å². The number of nitrogens with zero attached hydrogens (tertiary/aromatic N) is 2. The smallest absolute Gasteiger partial charge is 0.251 e. The SMILES string of the molecule is CCc1cc(=O)[nH]c(-c2ccc(NCC3(SC)CCC3)nc2)n1. The molecular formula is C17H22N4OS. The van der Waals surface area contributed by atoms with Crippen LogP contribution in [0.5, 0.6) is 0 Å². The van der Waals surface area contributed by atoms with Crippen LogP contribution in [0.3, 0.4) is 0 Å². The van der Waals surface area contributed by atoms with Gasteiger partial charge in [0.15, 0.2) is 0 Å². The lowest BCUT2D eigenvalue weighted by molar-refractivity contribution is 0.379. The van der Waals surface area contributed by atoms with Gasteiger partial charge in [0.2, 0.25) is 0 Å². The average molecular weight is 330 g/mol. The van der Waals surface area contributed by atoms with Gasteiger partial charge < -0.3 is 10.3 Å². The van der Waals surface area contributed by atoms with Crippen LogP contribution in [0.15, 0.2) is 29.2 Å². The minimum atomic E-state index is -0.124. The molecule has 2 heterocycles. The molecule has 2 aromatic heterocycles. The second kappa shape index (κ2) is 6.74. The van der Waals surface area contributed by atoms with Crippen molar-refractivity contribution in [3.63, 3.8) is 0 Å². The predicted molar refractivity (Wildman–Crippen MR) is 96.1 cm³/mol. The van der Waals surface area contributed by atoms with Crippen molar-refractivity contribution in [2.24, 2.45) is 0 Å². The molecule has 0 unspecified atom stereocenters. The lowest BCUT2D eigenvalue weighted by Crippen LogP contribution is -2.40. The van der Waals surface area contributed by atoms with E-state index >= 15 is 0 Å². The summed E-state index contributed by atoms with van der Waals surface area (Å²) in [5.41, 5.74) is 1.49. The van der Waals surface area contributed by atoms with Crippen LogP contribution in [0.25, 0.3) is 11.4 Å². The van der Waals surface area contributed by atoms with Crippen LogP contribution >= 0.6 is 11.8 Å². The molecule has 1 saturated carbocycles. The van der Waals surface area contributed by atoms with Gasteiger partial charge >= 0.3 is 0 Å². The molecule has 122 valence electrons. The van der Waals surface area contributed by atoms with Crippen molar-refractivity contribution in [2.75, 3.05) is 18.1 Å². The second-order valence-corrected chi connectivity index (χ2v) is 7.24. The number of nitrogens with one attached hydrogen (secondary N) is 2. The molecule has 0 amide bonds. The van der Waals surface area contributed by atoms with Gasteiger partial charge in [-0.15, -0.1) is 0 Å². The number of rotatable bonds is 6. The van der Waals surface area contributed by atoms with E-state index in [1.807, 2.05) is 30.8 Å². The zero-order valence-electron chi connectivity index (χ0n) is 13.6. The highest BCUT2D eigenvalue weighted by Crippen LogP contribution is 2.42. The van der Waals surface area contributed by atoms with Crippen LogP contribution in [0, 0.1) is 0 Å². The lowest BCUT2D eigenvalue weighted by Gasteiger charge is -2.40. The highest BCUT2D eigenvalue weighted by atomic mass is 32.2. The van der Waals surface area contributed by atoms with Gasteiger partial charge in [-0.2, -0.15) is 11.8 Å². The van der Waals surface area contributed by atoms with E-state index in [-0.39, 0.29) is 5.56 Å². The second-order valence-electron chi connectivity index (χ2n) is 5.97. The third-order valence-electron chi connectivity index (χ3n) is 4.48. The molecule has 0 bridgehead atoms. The number of aromatic nitrogens is 3. The van der Waals surface area contributed by atoms with E-state index in [2.05, 4.69) is 26.5 Å². The summed E-state index contributed by atoms with van der Waals surface area (Å²) < 4.78 is 0.378. The molecule has 5 nitrogen and oxygen atoms in total. The third-order valence-corrected chi connectivity index (χ3v) is 5.90. The normalized spacial score (nSPS) is 15.9. The molecular weight excluding hydrogens is 308 g/mol. The Morgan fingerprint density at radius 3 is 2.78 bits per heavy atom. The molecule has 0 aliphatic heterocycles. The summed E-state index contributed by atoms with van der Waals surface area (Å²) in [4.78, 5) is 23.3. The average Bonchev–Trinajstić information content (AvgIpc) is 2.54. The van der Waals surface area contributed by atoms with Crippen LogP contribution in [-0.4, -0.2) is 32.5 Å². The van der Waals surface area contributed by atoms with Crippen LogP contribution in [0.2, 0.25) is 0 Å². The largest absolute Gasteiger partial charge is 0.369 e. The number of aryl methyl sites for hydroxylation is 1. The fourth-order valence-corrected chi connectivity index (χ4v) is 3.65. The summed E-state index contributed by atoms with van der Waals surface area (Å²) in [6.07, 6.45) is 8.54. The predicted octanol–water partition coefficient (Wildman–Crippen LogP) is 3.09. The zero-order chi connectivity index (χ0) is 16.3. The molecule has 23 heavy (non-hydrogen) atoms. The fourth-order valence-electron chi connectivity index (χ4n) is 2.74. The van der Waals surface area contributed by atoms with Crippen molar-refractivity contribution in [2.45, 2.75) is 37.4 Å². The van der Waals surface area contributed by atoms with E-state index in [1.54, 1.807) is 6.20 Å². The van der Waals surface area contributed by atoms with Gasteiger partial charge in [0.1, 0.15) is 11.6 Å². The Labute approximate surface area is 140 Å². The van der Waals surface area contributed by atoms with E-state index in [1.165, 1.54) is 25.3 Å². The van der Waals surface area contributed by atoms with Crippen LogP contribution in [0.1, 0.15) is 31.9 Å². The molecule has 1 aliphatic rings. The molecule has 0 radical (unpaired) electrons. The highest BCUT2D eigenvalue weighted by molar-refractivity contribution is 8.00. The van der Waals surface area contributed by atoms with Crippen LogP contribution < -0.4 is 10.9 Å². The van der Waals surface area contributed by atoms with Crippen molar-refractivity contribution >= 4 is 17.6 Å². The highest BCUT2D eigenvalue weighted by Gasteiger charge is 2.35. The molecule has 1 aliphatic carbocycles. The Morgan fingerprint density at radius 2 is 2.22 bits per heavy atom. The topological polar surface area (TPSA) is 70.7 Å². The number of thioether (sulfide) groups is 1. The molecule has 0 saturated heterocycles. The Morgan fingerprint density at radius 1 is 1.39 bits per heavy atom. The first-order chi connectivity index (χ1) is 11.1. The molecule has 0 aromatic carbocycles. The first-order valence-corrected chi connectivity index (χ1v) is 9.22. The standard InChI is InChI=1S/C17H22N4OS/c1-3-13-9-15(22)21-16(20-13)12-5-6-14(18-10-12)19-11-17(23-2)7-4-8-17/h5-6,9-10H,3-4,7-8,11H2,1-2H3,(H,18,19)(H,20,21,22). The summed E-state index contributed by atoms with van der Waals surface area (Å²) in [7, 11) is 0. The summed E-state index contributed by atoms with van der Waals surface area (Å²) in [5, 5.41) is 3.43.